The Bertz CT molecular complexity index is 254. The molecule has 0 fully saturated rings. The molecule has 0 aliphatic heterocycles. The molecule has 0 unspecified atom stereocenters. The molecule has 1 aromatic heterocycles. The van der Waals surface area contributed by atoms with Gasteiger partial charge in [-0.25, -0.2) is 4.39 Å². The van der Waals surface area contributed by atoms with E-state index in [1.807, 2.05) is 0 Å². The Kier molecular flexibility index (Phi) is 2.25. The van der Waals surface area contributed by atoms with Crippen molar-refractivity contribution >= 4 is 5.97 Å². The molecule has 0 spiro atoms. The predicted molar refractivity (Wildman–Crippen MR) is 34.6 cm³/mol. The molecule has 3 nitrogen and oxygen atoms in total. The van der Waals surface area contributed by atoms with E-state index in [1.54, 1.807) is 0 Å². The zero-order chi connectivity index (χ0) is 8.27. The number of hydrogen-bond acceptors (Lipinski definition) is 2. The third kappa shape index (κ3) is 2.07. The monoisotopic (exact) mass is 158 g/mol. The van der Waals surface area contributed by atoms with Crippen LogP contribution < -0.4 is 0 Å². The minimum Gasteiger partial charge on any atom is -0.481 e. The molecule has 0 saturated carbocycles. The van der Waals surface area contributed by atoms with Crippen LogP contribution in [0, 0.1) is 5.82 Å². The van der Waals surface area contributed by atoms with Crippen LogP contribution in [0.5, 0.6) is 0 Å². The van der Waals surface area contributed by atoms with Crippen LogP contribution in [-0.2, 0) is 11.2 Å². The molecule has 60 valence electrons. The smallest absolute Gasteiger partial charge is 0.303 e. The van der Waals surface area contributed by atoms with Crippen molar-refractivity contribution in [2.24, 2.45) is 0 Å². The zero-order valence-electron chi connectivity index (χ0n) is 5.71. The van der Waals surface area contributed by atoms with E-state index < -0.39 is 11.8 Å². The number of hydrogen-bond donors (Lipinski definition) is 1. The van der Waals surface area contributed by atoms with E-state index in [-0.39, 0.29) is 18.6 Å². The van der Waals surface area contributed by atoms with Crippen molar-refractivity contribution in [3.8, 4) is 0 Å². The number of carboxylic acids is 1. The highest BCUT2D eigenvalue weighted by molar-refractivity contribution is 5.66. The third-order valence-corrected chi connectivity index (χ3v) is 1.26. The SMILES string of the molecule is O=C(O)CCc1occc1F. The lowest BCUT2D eigenvalue weighted by molar-refractivity contribution is -0.137. The van der Waals surface area contributed by atoms with Crippen molar-refractivity contribution in [2.45, 2.75) is 12.8 Å². The largest absolute Gasteiger partial charge is 0.481 e. The summed E-state index contributed by atoms with van der Waals surface area (Å²) in [6.45, 7) is 0. The Morgan fingerprint density at radius 1 is 1.73 bits per heavy atom. The van der Waals surface area contributed by atoms with E-state index >= 15 is 0 Å². The van der Waals surface area contributed by atoms with Gasteiger partial charge in [-0.2, -0.15) is 0 Å². The molecule has 0 bridgehead atoms. The van der Waals surface area contributed by atoms with E-state index in [0.717, 1.165) is 6.07 Å². The molecule has 4 heteroatoms. The number of halogens is 1. The third-order valence-electron chi connectivity index (χ3n) is 1.26. The van der Waals surface area contributed by atoms with E-state index in [9.17, 15) is 9.18 Å². The first-order valence-corrected chi connectivity index (χ1v) is 3.14. The summed E-state index contributed by atoms with van der Waals surface area (Å²) in [6, 6.07) is 1.16. The summed E-state index contributed by atoms with van der Waals surface area (Å²) in [7, 11) is 0. The Labute approximate surface area is 62.4 Å². The Hall–Kier alpha value is -1.32. The summed E-state index contributed by atoms with van der Waals surface area (Å²) in [4.78, 5) is 10.0. The molecule has 1 aromatic rings. The molecule has 0 aliphatic rings. The van der Waals surface area contributed by atoms with Crippen molar-refractivity contribution in [3.63, 3.8) is 0 Å². The molecule has 0 atom stereocenters. The molecule has 1 heterocycles. The second kappa shape index (κ2) is 3.18. The molecule has 0 radical (unpaired) electrons. The topological polar surface area (TPSA) is 50.4 Å². The molecule has 0 saturated heterocycles. The molecular weight excluding hydrogens is 151 g/mol. The molecule has 0 amide bonds. The predicted octanol–water partition coefficient (Wildman–Crippen LogP) is 1.44. The van der Waals surface area contributed by atoms with Gasteiger partial charge in [0.05, 0.1) is 12.7 Å². The van der Waals surface area contributed by atoms with Crippen LogP contribution in [0.25, 0.3) is 0 Å². The first-order chi connectivity index (χ1) is 5.20. The van der Waals surface area contributed by atoms with E-state index in [2.05, 4.69) is 4.42 Å². The maximum atomic E-state index is 12.5. The summed E-state index contributed by atoms with van der Waals surface area (Å²) in [6.07, 6.45) is 1.20. The number of carboxylic acid groups (broad SMARTS) is 1. The standard InChI is InChI=1S/C7H7FO3/c8-5-3-4-11-6(5)1-2-7(9)10/h3-4H,1-2H2,(H,9,10). The van der Waals surface area contributed by atoms with E-state index in [0.29, 0.717) is 0 Å². The van der Waals surface area contributed by atoms with Crippen LogP contribution in [0.2, 0.25) is 0 Å². The molecule has 1 rings (SSSR count). The first-order valence-electron chi connectivity index (χ1n) is 3.14. The van der Waals surface area contributed by atoms with Crippen LogP contribution in [0.3, 0.4) is 0 Å². The summed E-state index contributed by atoms with van der Waals surface area (Å²) in [5, 5.41) is 8.24. The minimum atomic E-state index is -0.958. The normalized spacial score (nSPS) is 9.91. The van der Waals surface area contributed by atoms with Gasteiger partial charge in [-0.3, -0.25) is 4.79 Å². The van der Waals surface area contributed by atoms with Crippen molar-refractivity contribution in [1.82, 2.24) is 0 Å². The lowest BCUT2D eigenvalue weighted by atomic mass is 10.2. The summed E-state index contributed by atoms with van der Waals surface area (Å²) < 4.78 is 17.2. The van der Waals surface area contributed by atoms with Crippen molar-refractivity contribution in [1.29, 1.82) is 0 Å². The van der Waals surface area contributed by atoms with E-state index in [1.165, 1.54) is 6.26 Å². The van der Waals surface area contributed by atoms with Crippen molar-refractivity contribution in [2.75, 3.05) is 0 Å². The molecule has 11 heavy (non-hydrogen) atoms. The Morgan fingerprint density at radius 2 is 2.45 bits per heavy atom. The highest BCUT2D eigenvalue weighted by Crippen LogP contribution is 2.09. The van der Waals surface area contributed by atoms with Gasteiger partial charge in [0.25, 0.3) is 0 Å². The second-order valence-corrected chi connectivity index (χ2v) is 2.09. The molecule has 0 aliphatic carbocycles. The summed E-state index contributed by atoms with van der Waals surface area (Å²) in [5.41, 5.74) is 0. The number of aryl methyl sites for hydroxylation is 1. The summed E-state index contributed by atoms with van der Waals surface area (Å²) in [5.74, 6) is -1.33. The maximum Gasteiger partial charge on any atom is 0.303 e. The highest BCUT2D eigenvalue weighted by Gasteiger charge is 2.06. The number of aliphatic carboxylic acids is 1. The van der Waals surface area contributed by atoms with Crippen LogP contribution in [0.1, 0.15) is 12.2 Å². The van der Waals surface area contributed by atoms with Crippen LogP contribution in [-0.4, -0.2) is 11.1 Å². The maximum absolute atomic E-state index is 12.5. The first kappa shape index (κ1) is 7.78. The van der Waals surface area contributed by atoms with Gasteiger partial charge in [-0.15, -0.1) is 0 Å². The highest BCUT2D eigenvalue weighted by atomic mass is 19.1. The molecular formula is C7H7FO3. The van der Waals surface area contributed by atoms with Gasteiger partial charge in [0, 0.05) is 12.5 Å². The van der Waals surface area contributed by atoms with Gasteiger partial charge in [0.1, 0.15) is 5.76 Å². The van der Waals surface area contributed by atoms with Gasteiger partial charge in [0.2, 0.25) is 0 Å². The minimum absolute atomic E-state index is 0.104. The van der Waals surface area contributed by atoms with Crippen molar-refractivity contribution < 1.29 is 18.7 Å². The van der Waals surface area contributed by atoms with Gasteiger partial charge in [0.15, 0.2) is 5.82 Å². The Morgan fingerprint density at radius 3 is 2.91 bits per heavy atom. The number of rotatable bonds is 3. The van der Waals surface area contributed by atoms with E-state index in [4.69, 9.17) is 5.11 Å². The average Bonchev–Trinajstić information content (AvgIpc) is 2.31. The number of carbonyl (C=O) groups is 1. The van der Waals surface area contributed by atoms with Crippen LogP contribution in [0.15, 0.2) is 16.7 Å². The van der Waals surface area contributed by atoms with Crippen molar-refractivity contribution in [3.05, 3.63) is 23.9 Å². The number of furan rings is 1. The van der Waals surface area contributed by atoms with Gasteiger partial charge in [-0.1, -0.05) is 0 Å². The van der Waals surface area contributed by atoms with Crippen LogP contribution >= 0.6 is 0 Å². The van der Waals surface area contributed by atoms with Gasteiger partial charge >= 0.3 is 5.97 Å². The fourth-order valence-corrected chi connectivity index (χ4v) is 0.724. The fraction of sp³-hybridized carbons (Fsp3) is 0.286. The van der Waals surface area contributed by atoms with Gasteiger partial charge in [-0.05, 0) is 0 Å². The second-order valence-electron chi connectivity index (χ2n) is 2.09. The fourth-order valence-electron chi connectivity index (χ4n) is 0.724. The zero-order valence-corrected chi connectivity index (χ0v) is 5.71. The molecule has 0 aromatic carbocycles. The molecule has 1 N–H and O–H groups in total. The Balaban J connectivity index is 2.51. The van der Waals surface area contributed by atoms with Crippen LogP contribution in [0.4, 0.5) is 4.39 Å². The van der Waals surface area contributed by atoms with Gasteiger partial charge < -0.3 is 9.52 Å². The lowest BCUT2D eigenvalue weighted by Gasteiger charge is -1.91. The lowest BCUT2D eigenvalue weighted by Crippen LogP contribution is -1.97. The summed E-state index contributed by atoms with van der Waals surface area (Å²) >= 11 is 0. The average molecular weight is 158 g/mol. The quantitative estimate of drug-likeness (QED) is 0.723.